The van der Waals surface area contributed by atoms with Crippen molar-refractivity contribution in [1.29, 1.82) is 0 Å². The van der Waals surface area contributed by atoms with Gasteiger partial charge in [0.25, 0.3) is 0 Å². The zero-order chi connectivity index (χ0) is 14.9. The highest BCUT2D eigenvalue weighted by atomic mass is 35.5. The van der Waals surface area contributed by atoms with Gasteiger partial charge in [0.05, 0.1) is 12.0 Å². The Bertz CT molecular complexity index is 540. The fraction of sp³-hybridized carbons (Fsp3) is 0.611. The molecule has 1 aromatic rings. The fourth-order valence-corrected chi connectivity index (χ4v) is 4.06. The monoisotopic (exact) mass is 306 g/mol. The molecule has 3 rings (SSSR count). The average molecular weight is 307 g/mol. The number of halogens is 1. The van der Waals surface area contributed by atoms with Gasteiger partial charge in [-0.05, 0) is 49.8 Å². The second-order valence-corrected chi connectivity index (χ2v) is 7.05. The number of ether oxygens (including phenoxy) is 1. The topological polar surface area (TPSA) is 26.3 Å². The highest BCUT2D eigenvalue weighted by Crippen LogP contribution is 2.43. The Hall–Kier alpha value is -1.02. The molecule has 2 atom stereocenters. The van der Waals surface area contributed by atoms with Gasteiger partial charge in [-0.2, -0.15) is 0 Å². The predicted octanol–water partition coefficient (Wildman–Crippen LogP) is 5.42. The molecule has 3 heteroatoms. The van der Waals surface area contributed by atoms with Gasteiger partial charge < -0.3 is 4.74 Å². The van der Waals surface area contributed by atoms with Crippen molar-refractivity contribution in [2.24, 2.45) is 5.92 Å². The van der Waals surface area contributed by atoms with E-state index in [1.807, 2.05) is 12.1 Å². The van der Waals surface area contributed by atoms with Crippen LogP contribution in [0.15, 0.2) is 18.2 Å². The Labute approximate surface area is 131 Å². The van der Waals surface area contributed by atoms with Crippen molar-refractivity contribution in [2.45, 2.75) is 63.9 Å². The van der Waals surface area contributed by atoms with Gasteiger partial charge in [0, 0.05) is 5.02 Å². The normalized spacial score (nSPS) is 28.9. The third kappa shape index (κ3) is 3.11. The average Bonchev–Trinajstić information content (AvgIpc) is 2.64. The first-order valence-electron chi connectivity index (χ1n) is 8.14. The molecular formula is C18H23ClO2. The minimum absolute atomic E-state index is 0.188. The lowest BCUT2D eigenvalue weighted by atomic mass is 9.83. The van der Waals surface area contributed by atoms with Crippen LogP contribution < -0.4 is 4.74 Å². The summed E-state index contributed by atoms with van der Waals surface area (Å²) in [7, 11) is 0. The van der Waals surface area contributed by atoms with Crippen LogP contribution in [0.2, 0.25) is 5.02 Å². The molecule has 1 saturated carbocycles. The molecule has 21 heavy (non-hydrogen) atoms. The minimum Gasteiger partial charge on any atom is -0.486 e. The molecule has 114 valence electrons. The molecule has 1 spiro atoms. The lowest BCUT2D eigenvalue weighted by Crippen LogP contribution is -2.41. The molecule has 2 nitrogen and oxygen atoms in total. The van der Waals surface area contributed by atoms with Gasteiger partial charge in [0.15, 0.2) is 5.78 Å². The molecule has 0 saturated heterocycles. The maximum absolute atomic E-state index is 12.5. The lowest BCUT2D eigenvalue weighted by molar-refractivity contribution is 0.0289. The summed E-state index contributed by atoms with van der Waals surface area (Å²) in [4.78, 5) is 12.5. The zero-order valence-corrected chi connectivity index (χ0v) is 13.4. The Morgan fingerprint density at radius 3 is 3.00 bits per heavy atom. The number of benzene rings is 1. The molecule has 1 heterocycles. The molecule has 1 aliphatic carbocycles. The Morgan fingerprint density at radius 2 is 2.19 bits per heavy atom. The summed E-state index contributed by atoms with van der Waals surface area (Å²) in [6.45, 7) is 2.25. The van der Waals surface area contributed by atoms with Gasteiger partial charge in [-0.1, -0.05) is 37.8 Å². The summed E-state index contributed by atoms with van der Waals surface area (Å²) in [5, 5.41) is 0.602. The van der Waals surface area contributed by atoms with Crippen molar-refractivity contribution in [3.05, 3.63) is 28.8 Å². The van der Waals surface area contributed by atoms with Crippen LogP contribution in [0.1, 0.15) is 68.6 Å². The van der Waals surface area contributed by atoms with Crippen LogP contribution >= 0.6 is 11.6 Å². The first-order valence-corrected chi connectivity index (χ1v) is 8.51. The summed E-state index contributed by atoms with van der Waals surface area (Å²) in [5.74, 6) is 1.72. The van der Waals surface area contributed by atoms with Crippen LogP contribution in [0.3, 0.4) is 0 Å². The molecule has 0 N–H and O–H groups in total. The standard InChI is InChI=1S/C18H23ClO2/c1-2-4-13-5-3-9-18(10-8-13)12-16(20)15-11-14(19)6-7-17(15)21-18/h6-7,11,13H,2-5,8-10,12H2,1H3. The number of carbonyl (C=O) groups excluding carboxylic acids is 1. The Kier molecular flexibility index (Phi) is 4.26. The number of Topliss-reactive ketones (excluding diaryl/α,β-unsaturated/α-hetero) is 1. The van der Waals surface area contributed by atoms with Gasteiger partial charge in [-0.3, -0.25) is 4.79 Å². The van der Waals surface area contributed by atoms with Gasteiger partial charge in [-0.25, -0.2) is 0 Å². The van der Waals surface area contributed by atoms with Crippen molar-refractivity contribution in [3.8, 4) is 5.75 Å². The van der Waals surface area contributed by atoms with E-state index in [9.17, 15) is 4.79 Å². The largest absolute Gasteiger partial charge is 0.486 e. The molecule has 1 aliphatic heterocycles. The van der Waals surface area contributed by atoms with Crippen LogP contribution in [-0.4, -0.2) is 11.4 Å². The summed E-state index contributed by atoms with van der Waals surface area (Å²) >= 11 is 5.99. The van der Waals surface area contributed by atoms with E-state index in [0.29, 0.717) is 17.0 Å². The number of fused-ring (bicyclic) bond motifs is 1. The van der Waals surface area contributed by atoms with Gasteiger partial charge in [-0.15, -0.1) is 0 Å². The summed E-state index contributed by atoms with van der Waals surface area (Å²) in [5.41, 5.74) is 0.392. The fourth-order valence-electron chi connectivity index (χ4n) is 3.89. The van der Waals surface area contributed by atoms with E-state index in [-0.39, 0.29) is 11.4 Å². The number of carbonyl (C=O) groups is 1. The molecule has 0 radical (unpaired) electrons. The number of hydrogen-bond donors (Lipinski definition) is 0. The van der Waals surface area contributed by atoms with E-state index in [2.05, 4.69) is 6.92 Å². The molecule has 0 aromatic heterocycles. The van der Waals surface area contributed by atoms with Gasteiger partial charge >= 0.3 is 0 Å². The highest BCUT2D eigenvalue weighted by Gasteiger charge is 2.41. The lowest BCUT2D eigenvalue weighted by Gasteiger charge is -2.37. The van der Waals surface area contributed by atoms with Crippen molar-refractivity contribution in [2.75, 3.05) is 0 Å². The van der Waals surface area contributed by atoms with Crippen molar-refractivity contribution < 1.29 is 9.53 Å². The highest BCUT2D eigenvalue weighted by molar-refractivity contribution is 6.31. The van der Waals surface area contributed by atoms with E-state index < -0.39 is 0 Å². The molecule has 1 aromatic carbocycles. The van der Waals surface area contributed by atoms with E-state index in [4.69, 9.17) is 16.3 Å². The van der Waals surface area contributed by atoms with Gasteiger partial charge in [0.1, 0.15) is 11.4 Å². The smallest absolute Gasteiger partial charge is 0.170 e. The molecular weight excluding hydrogens is 284 g/mol. The maximum atomic E-state index is 12.5. The van der Waals surface area contributed by atoms with Crippen molar-refractivity contribution >= 4 is 17.4 Å². The SMILES string of the molecule is CCCC1CCCC2(CC1)CC(=O)c1cc(Cl)ccc1O2. The predicted molar refractivity (Wildman–Crippen MR) is 85.2 cm³/mol. The third-order valence-electron chi connectivity index (χ3n) is 5.00. The molecule has 0 bridgehead atoms. The first kappa shape index (κ1) is 14.9. The van der Waals surface area contributed by atoms with E-state index in [1.54, 1.807) is 6.07 Å². The number of rotatable bonds is 2. The van der Waals surface area contributed by atoms with E-state index in [0.717, 1.165) is 24.5 Å². The second-order valence-electron chi connectivity index (χ2n) is 6.61. The third-order valence-corrected chi connectivity index (χ3v) is 5.24. The minimum atomic E-state index is -0.263. The summed E-state index contributed by atoms with van der Waals surface area (Å²) < 4.78 is 6.31. The van der Waals surface area contributed by atoms with Crippen LogP contribution in [0.25, 0.3) is 0 Å². The van der Waals surface area contributed by atoms with Crippen LogP contribution in [0.5, 0.6) is 5.75 Å². The van der Waals surface area contributed by atoms with E-state index >= 15 is 0 Å². The van der Waals surface area contributed by atoms with Crippen LogP contribution in [-0.2, 0) is 0 Å². The molecule has 2 unspecified atom stereocenters. The first-order chi connectivity index (χ1) is 10.1. The van der Waals surface area contributed by atoms with Gasteiger partial charge in [0.2, 0.25) is 0 Å². The van der Waals surface area contributed by atoms with Crippen molar-refractivity contribution in [1.82, 2.24) is 0 Å². The van der Waals surface area contributed by atoms with Crippen LogP contribution in [0.4, 0.5) is 0 Å². The molecule has 2 aliphatic rings. The summed E-state index contributed by atoms with van der Waals surface area (Å²) in [6.07, 6.45) is 8.70. The Balaban J connectivity index is 1.81. The molecule has 1 fully saturated rings. The zero-order valence-electron chi connectivity index (χ0n) is 12.7. The maximum Gasteiger partial charge on any atom is 0.170 e. The quantitative estimate of drug-likeness (QED) is 0.728. The molecule has 0 amide bonds. The summed E-state index contributed by atoms with van der Waals surface area (Å²) in [6, 6.07) is 5.40. The number of ketones is 1. The van der Waals surface area contributed by atoms with E-state index in [1.165, 1.54) is 32.1 Å². The van der Waals surface area contributed by atoms with Crippen LogP contribution in [0, 0.1) is 5.92 Å². The Morgan fingerprint density at radius 1 is 1.33 bits per heavy atom. The van der Waals surface area contributed by atoms with Crippen molar-refractivity contribution in [3.63, 3.8) is 0 Å². The second kappa shape index (κ2) is 6.00. The number of hydrogen-bond acceptors (Lipinski definition) is 2.